The summed E-state index contributed by atoms with van der Waals surface area (Å²) in [6.07, 6.45) is 0.677. The minimum atomic E-state index is -0.231. The molecule has 0 aliphatic rings. The van der Waals surface area contributed by atoms with Gasteiger partial charge in [0.05, 0.1) is 0 Å². The molecule has 0 aromatic heterocycles. The molecule has 0 saturated heterocycles. The van der Waals surface area contributed by atoms with Crippen molar-refractivity contribution in [2.75, 3.05) is 0 Å². The summed E-state index contributed by atoms with van der Waals surface area (Å²) in [7, 11) is 0. The molecule has 82 valence electrons. The monoisotopic (exact) mass is 254 g/mol. The highest BCUT2D eigenvalue weighted by atomic mass is 35.5. The third-order valence-electron chi connectivity index (χ3n) is 2.32. The summed E-state index contributed by atoms with van der Waals surface area (Å²) in [5, 5.41) is 1.25. The summed E-state index contributed by atoms with van der Waals surface area (Å²) < 4.78 is 12.7. The Balaban J connectivity index is 2.23. The summed E-state index contributed by atoms with van der Waals surface area (Å²) in [5.41, 5.74) is 2.00. The molecule has 2 aromatic rings. The average Bonchev–Trinajstić information content (AvgIpc) is 2.25. The lowest BCUT2D eigenvalue weighted by Gasteiger charge is -2.04. The Morgan fingerprint density at radius 3 is 2.25 bits per heavy atom. The minimum absolute atomic E-state index is 0.231. The molecule has 3 heteroatoms. The Bertz CT molecular complexity index is 492. The van der Waals surface area contributed by atoms with Gasteiger partial charge in [0.1, 0.15) is 5.82 Å². The molecule has 0 aliphatic carbocycles. The van der Waals surface area contributed by atoms with Gasteiger partial charge in [-0.25, -0.2) is 4.39 Å². The van der Waals surface area contributed by atoms with E-state index in [9.17, 15) is 4.39 Å². The molecular formula is C13H9Cl2F. The van der Waals surface area contributed by atoms with E-state index in [1.165, 1.54) is 12.1 Å². The average molecular weight is 255 g/mol. The quantitative estimate of drug-likeness (QED) is 0.728. The van der Waals surface area contributed by atoms with Crippen LogP contribution < -0.4 is 0 Å². The molecule has 0 atom stereocenters. The van der Waals surface area contributed by atoms with Gasteiger partial charge in [0, 0.05) is 10.0 Å². The predicted octanol–water partition coefficient (Wildman–Crippen LogP) is 4.72. The van der Waals surface area contributed by atoms with Crippen LogP contribution in [-0.4, -0.2) is 0 Å². The van der Waals surface area contributed by atoms with Gasteiger partial charge >= 0.3 is 0 Å². The lowest BCUT2D eigenvalue weighted by atomic mass is 10.1. The van der Waals surface area contributed by atoms with Crippen LogP contribution in [0.3, 0.4) is 0 Å². The number of hydrogen-bond acceptors (Lipinski definition) is 0. The highest BCUT2D eigenvalue weighted by molar-refractivity contribution is 6.35. The maximum Gasteiger partial charge on any atom is 0.123 e. The van der Waals surface area contributed by atoms with Gasteiger partial charge in [-0.3, -0.25) is 0 Å². The van der Waals surface area contributed by atoms with E-state index in [0.717, 1.165) is 11.1 Å². The van der Waals surface area contributed by atoms with Crippen molar-refractivity contribution in [1.29, 1.82) is 0 Å². The van der Waals surface area contributed by atoms with Crippen LogP contribution in [0.4, 0.5) is 4.39 Å². The van der Waals surface area contributed by atoms with Crippen LogP contribution in [0.15, 0.2) is 42.5 Å². The molecule has 0 unspecified atom stereocenters. The second-order valence-corrected chi connectivity index (χ2v) is 4.38. The van der Waals surface area contributed by atoms with Crippen molar-refractivity contribution in [3.05, 3.63) is 69.5 Å². The Hall–Kier alpha value is -1.05. The van der Waals surface area contributed by atoms with Crippen LogP contribution in [-0.2, 0) is 6.42 Å². The summed E-state index contributed by atoms with van der Waals surface area (Å²) in [5.74, 6) is -0.231. The van der Waals surface area contributed by atoms with Crippen LogP contribution in [0.1, 0.15) is 11.1 Å². The van der Waals surface area contributed by atoms with Gasteiger partial charge in [-0.2, -0.15) is 0 Å². The first-order chi connectivity index (χ1) is 7.65. The van der Waals surface area contributed by atoms with Crippen molar-refractivity contribution in [1.82, 2.24) is 0 Å². The fourth-order valence-electron chi connectivity index (χ4n) is 1.49. The molecular weight excluding hydrogens is 246 g/mol. The first-order valence-corrected chi connectivity index (χ1v) is 5.59. The van der Waals surface area contributed by atoms with E-state index in [1.54, 1.807) is 24.3 Å². The Morgan fingerprint density at radius 1 is 0.938 bits per heavy atom. The van der Waals surface area contributed by atoms with Gasteiger partial charge in [-0.05, 0) is 41.8 Å². The van der Waals surface area contributed by atoms with Crippen LogP contribution in [0.25, 0.3) is 0 Å². The maximum atomic E-state index is 12.7. The second-order valence-electron chi connectivity index (χ2n) is 3.54. The molecule has 2 aromatic carbocycles. The molecule has 0 nitrogen and oxygen atoms in total. The van der Waals surface area contributed by atoms with E-state index < -0.39 is 0 Å². The zero-order valence-electron chi connectivity index (χ0n) is 8.38. The smallest absolute Gasteiger partial charge is 0.123 e. The normalized spacial score (nSPS) is 10.4. The Kier molecular flexibility index (Phi) is 3.47. The molecule has 0 bridgehead atoms. The van der Waals surface area contributed by atoms with E-state index in [2.05, 4.69) is 0 Å². The van der Waals surface area contributed by atoms with Crippen LogP contribution in [0.2, 0.25) is 10.0 Å². The van der Waals surface area contributed by atoms with Crippen LogP contribution in [0.5, 0.6) is 0 Å². The summed E-state index contributed by atoms with van der Waals surface area (Å²) in [6, 6.07) is 11.8. The minimum Gasteiger partial charge on any atom is -0.207 e. The number of halogens is 3. The lowest BCUT2D eigenvalue weighted by Crippen LogP contribution is -1.89. The predicted molar refractivity (Wildman–Crippen MR) is 65.7 cm³/mol. The van der Waals surface area contributed by atoms with Gasteiger partial charge in [-0.1, -0.05) is 41.4 Å². The van der Waals surface area contributed by atoms with Crippen molar-refractivity contribution in [2.24, 2.45) is 0 Å². The molecule has 16 heavy (non-hydrogen) atoms. The Morgan fingerprint density at radius 2 is 1.62 bits per heavy atom. The van der Waals surface area contributed by atoms with Gasteiger partial charge < -0.3 is 0 Å². The standard InChI is InChI=1S/C13H9Cl2F/c14-11-4-3-10(13(15)8-11)7-9-1-5-12(16)6-2-9/h1-6,8H,7H2. The molecule has 0 aliphatic heterocycles. The van der Waals surface area contributed by atoms with Crippen molar-refractivity contribution < 1.29 is 4.39 Å². The zero-order valence-corrected chi connectivity index (χ0v) is 9.89. The first-order valence-electron chi connectivity index (χ1n) is 4.83. The van der Waals surface area contributed by atoms with Crippen molar-refractivity contribution >= 4 is 23.2 Å². The van der Waals surface area contributed by atoms with Crippen molar-refractivity contribution in [3.63, 3.8) is 0 Å². The van der Waals surface area contributed by atoms with Gasteiger partial charge in [0.2, 0.25) is 0 Å². The topological polar surface area (TPSA) is 0 Å². The van der Waals surface area contributed by atoms with E-state index >= 15 is 0 Å². The highest BCUT2D eigenvalue weighted by Gasteiger charge is 2.02. The summed E-state index contributed by atoms with van der Waals surface area (Å²) >= 11 is 11.9. The van der Waals surface area contributed by atoms with E-state index in [-0.39, 0.29) is 5.82 Å². The third-order valence-corrected chi connectivity index (χ3v) is 2.91. The lowest BCUT2D eigenvalue weighted by molar-refractivity contribution is 0.627. The molecule has 0 heterocycles. The molecule has 0 amide bonds. The van der Waals surface area contributed by atoms with Gasteiger partial charge in [-0.15, -0.1) is 0 Å². The SMILES string of the molecule is Fc1ccc(Cc2ccc(Cl)cc2Cl)cc1. The van der Waals surface area contributed by atoms with Gasteiger partial charge in [0.15, 0.2) is 0 Å². The zero-order chi connectivity index (χ0) is 11.5. The first kappa shape index (κ1) is 11.4. The third kappa shape index (κ3) is 2.75. The molecule has 0 fully saturated rings. The number of rotatable bonds is 2. The number of benzene rings is 2. The van der Waals surface area contributed by atoms with Crippen LogP contribution >= 0.6 is 23.2 Å². The fourth-order valence-corrected chi connectivity index (χ4v) is 1.96. The molecule has 2 rings (SSSR count). The van der Waals surface area contributed by atoms with Crippen molar-refractivity contribution in [3.8, 4) is 0 Å². The highest BCUT2D eigenvalue weighted by Crippen LogP contribution is 2.23. The second kappa shape index (κ2) is 4.86. The Labute approximate surface area is 104 Å². The largest absolute Gasteiger partial charge is 0.207 e. The summed E-state index contributed by atoms with van der Waals surface area (Å²) in [6.45, 7) is 0. The van der Waals surface area contributed by atoms with Crippen LogP contribution in [0, 0.1) is 5.82 Å². The van der Waals surface area contributed by atoms with E-state index in [1.807, 2.05) is 6.07 Å². The molecule has 0 saturated carbocycles. The maximum absolute atomic E-state index is 12.7. The molecule has 0 spiro atoms. The molecule has 0 radical (unpaired) electrons. The fraction of sp³-hybridized carbons (Fsp3) is 0.0769. The molecule has 0 N–H and O–H groups in total. The van der Waals surface area contributed by atoms with E-state index in [4.69, 9.17) is 23.2 Å². The summed E-state index contributed by atoms with van der Waals surface area (Å²) in [4.78, 5) is 0. The number of hydrogen-bond donors (Lipinski definition) is 0. The van der Waals surface area contributed by atoms with Crippen molar-refractivity contribution in [2.45, 2.75) is 6.42 Å². The van der Waals surface area contributed by atoms with E-state index in [0.29, 0.717) is 16.5 Å². The van der Waals surface area contributed by atoms with Gasteiger partial charge in [0.25, 0.3) is 0 Å².